The first-order valence-corrected chi connectivity index (χ1v) is 10.1. The van der Waals surface area contributed by atoms with Crippen LogP contribution in [0.4, 0.5) is 0 Å². The van der Waals surface area contributed by atoms with Crippen molar-refractivity contribution in [2.24, 2.45) is 5.92 Å². The Hall–Kier alpha value is -3.21. The predicted molar refractivity (Wildman–Crippen MR) is 118 cm³/mol. The summed E-state index contributed by atoms with van der Waals surface area (Å²) in [7, 11) is 3.07. The van der Waals surface area contributed by atoms with Crippen molar-refractivity contribution in [3.63, 3.8) is 0 Å². The molecule has 5 nitrogen and oxygen atoms in total. The Morgan fingerprint density at radius 3 is 1.97 bits per heavy atom. The smallest absolute Gasteiger partial charge is 0.343 e. The van der Waals surface area contributed by atoms with E-state index in [1.165, 1.54) is 7.11 Å². The van der Waals surface area contributed by atoms with E-state index in [9.17, 15) is 4.79 Å². The number of methoxy groups -OCH3 is 2. The van der Waals surface area contributed by atoms with Crippen LogP contribution in [-0.4, -0.2) is 26.8 Å². The highest BCUT2D eigenvalue weighted by Gasteiger charge is 2.25. The summed E-state index contributed by atoms with van der Waals surface area (Å²) < 4.78 is 23.2. The number of benzene rings is 3. The molecular formula is C25H28O5. The number of carbonyl (C=O) groups excluding carboxylic acids is 1. The topological polar surface area (TPSA) is 54.0 Å². The van der Waals surface area contributed by atoms with E-state index in [0.717, 1.165) is 23.6 Å². The Morgan fingerprint density at radius 2 is 1.37 bits per heavy atom. The number of hydrogen-bond donors (Lipinski definition) is 0. The number of rotatable bonds is 9. The Balaban J connectivity index is 2.05. The molecule has 0 aliphatic heterocycles. The molecule has 0 saturated carbocycles. The fourth-order valence-corrected chi connectivity index (χ4v) is 3.34. The van der Waals surface area contributed by atoms with Gasteiger partial charge in [0.2, 0.25) is 11.5 Å². The molecule has 0 N–H and O–H groups in total. The number of fused-ring (bicyclic) bond motifs is 1. The maximum atomic E-state index is 12.7. The highest BCUT2D eigenvalue weighted by atomic mass is 16.6. The van der Waals surface area contributed by atoms with E-state index in [-0.39, 0.29) is 0 Å². The van der Waals surface area contributed by atoms with Crippen LogP contribution in [0.5, 0.6) is 23.0 Å². The van der Waals surface area contributed by atoms with Gasteiger partial charge in [-0.05, 0) is 30.9 Å². The third-order valence-electron chi connectivity index (χ3n) is 4.82. The molecule has 3 aromatic rings. The van der Waals surface area contributed by atoms with Gasteiger partial charge in [0.15, 0.2) is 11.5 Å². The first-order valence-electron chi connectivity index (χ1n) is 10.1. The Labute approximate surface area is 177 Å². The lowest BCUT2D eigenvalue weighted by Crippen LogP contribution is -2.11. The monoisotopic (exact) mass is 408 g/mol. The first-order chi connectivity index (χ1) is 14.6. The van der Waals surface area contributed by atoms with Crippen LogP contribution in [0.25, 0.3) is 10.8 Å². The van der Waals surface area contributed by atoms with Gasteiger partial charge in [-0.1, -0.05) is 56.3 Å². The van der Waals surface area contributed by atoms with Crippen LogP contribution in [0.2, 0.25) is 0 Å². The van der Waals surface area contributed by atoms with Crippen molar-refractivity contribution < 1.29 is 23.7 Å². The molecule has 0 aliphatic rings. The molecule has 0 spiro atoms. The van der Waals surface area contributed by atoms with Crippen LogP contribution in [0, 0.1) is 5.92 Å². The molecule has 0 aromatic heterocycles. The molecule has 3 rings (SSSR count). The molecule has 0 atom stereocenters. The average molecular weight is 408 g/mol. The summed E-state index contributed by atoms with van der Waals surface area (Å²) in [4.78, 5) is 12.7. The molecular weight excluding hydrogens is 380 g/mol. The minimum atomic E-state index is -0.466. The van der Waals surface area contributed by atoms with Crippen molar-refractivity contribution in [2.45, 2.75) is 26.7 Å². The first kappa shape index (κ1) is 21.5. The van der Waals surface area contributed by atoms with Gasteiger partial charge in [0.05, 0.1) is 26.4 Å². The molecule has 0 aliphatic carbocycles. The van der Waals surface area contributed by atoms with E-state index < -0.39 is 5.97 Å². The van der Waals surface area contributed by atoms with Crippen LogP contribution in [0.3, 0.4) is 0 Å². The van der Waals surface area contributed by atoms with Gasteiger partial charge in [0.25, 0.3) is 0 Å². The van der Waals surface area contributed by atoms with Crippen molar-refractivity contribution in [2.75, 3.05) is 20.8 Å². The number of hydrogen-bond acceptors (Lipinski definition) is 5. The highest BCUT2D eigenvalue weighted by molar-refractivity contribution is 6.01. The molecule has 0 unspecified atom stereocenters. The quantitative estimate of drug-likeness (QED) is 0.251. The van der Waals surface area contributed by atoms with Crippen LogP contribution in [0.15, 0.2) is 54.6 Å². The summed E-state index contributed by atoms with van der Waals surface area (Å²) >= 11 is 0. The zero-order valence-electron chi connectivity index (χ0n) is 17.9. The molecule has 0 fully saturated rings. The van der Waals surface area contributed by atoms with Gasteiger partial charge < -0.3 is 18.9 Å². The second-order valence-corrected chi connectivity index (χ2v) is 7.41. The van der Waals surface area contributed by atoms with Gasteiger partial charge >= 0.3 is 5.97 Å². The molecule has 30 heavy (non-hydrogen) atoms. The second kappa shape index (κ2) is 10.0. The molecule has 0 amide bonds. The summed E-state index contributed by atoms with van der Waals surface area (Å²) in [5.74, 6) is 1.80. The van der Waals surface area contributed by atoms with Crippen LogP contribution in [0.1, 0.15) is 37.0 Å². The van der Waals surface area contributed by atoms with E-state index in [4.69, 9.17) is 18.9 Å². The standard InChI is InChI=1S/C25H28O5/c1-17(2)11-10-16-29-21-19-14-8-9-15-20(19)22(24(28-4)23(21)27-3)30-25(26)18-12-6-5-7-13-18/h5-9,12-15,17H,10-11,16H2,1-4H3. The van der Waals surface area contributed by atoms with E-state index in [0.29, 0.717) is 41.1 Å². The third-order valence-corrected chi connectivity index (χ3v) is 4.82. The molecule has 0 saturated heterocycles. The fourth-order valence-electron chi connectivity index (χ4n) is 3.34. The molecule has 0 heterocycles. The van der Waals surface area contributed by atoms with Crippen molar-refractivity contribution in [1.29, 1.82) is 0 Å². The minimum absolute atomic E-state index is 0.313. The van der Waals surface area contributed by atoms with Crippen LogP contribution in [-0.2, 0) is 0 Å². The molecule has 0 radical (unpaired) electrons. The summed E-state index contributed by atoms with van der Waals surface area (Å²) in [6.45, 7) is 4.94. The van der Waals surface area contributed by atoms with E-state index in [1.54, 1.807) is 31.4 Å². The Bertz CT molecular complexity index is 995. The lowest BCUT2D eigenvalue weighted by atomic mass is 10.1. The number of esters is 1. The van der Waals surface area contributed by atoms with E-state index in [1.807, 2.05) is 30.3 Å². The summed E-state index contributed by atoms with van der Waals surface area (Å²) in [6, 6.07) is 16.5. The minimum Gasteiger partial charge on any atom is -0.490 e. The largest absolute Gasteiger partial charge is 0.490 e. The predicted octanol–water partition coefficient (Wildman–Crippen LogP) is 5.89. The average Bonchev–Trinajstić information content (AvgIpc) is 2.77. The van der Waals surface area contributed by atoms with Crippen molar-refractivity contribution >= 4 is 16.7 Å². The maximum Gasteiger partial charge on any atom is 0.343 e. The Kier molecular flexibility index (Phi) is 7.17. The van der Waals surface area contributed by atoms with Gasteiger partial charge in [-0.3, -0.25) is 0 Å². The normalized spacial score (nSPS) is 10.8. The zero-order chi connectivity index (χ0) is 21.5. The molecule has 0 bridgehead atoms. The van der Waals surface area contributed by atoms with E-state index >= 15 is 0 Å². The summed E-state index contributed by atoms with van der Waals surface area (Å²) in [6.07, 6.45) is 2.01. The van der Waals surface area contributed by atoms with Crippen LogP contribution < -0.4 is 18.9 Å². The maximum absolute atomic E-state index is 12.7. The van der Waals surface area contributed by atoms with Gasteiger partial charge in [0, 0.05) is 10.8 Å². The third kappa shape index (κ3) is 4.67. The molecule has 158 valence electrons. The van der Waals surface area contributed by atoms with Crippen molar-refractivity contribution in [3.05, 3.63) is 60.2 Å². The second-order valence-electron chi connectivity index (χ2n) is 7.41. The van der Waals surface area contributed by atoms with Gasteiger partial charge in [-0.25, -0.2) is 4.79 Å². The van der Waals surface area contributed by atoms with Crippen molar-refractivity contribution in [3.8, 4) is 23.0 Å². The van der Waals surface area contributed by atoms with Gasteiger partial charge in [-0.15, -0.1) is 0 Å². The number of carbonyl (C=O) groups is 1. The van der Waals surface area contributed by atoms with Crippen molar-refractivity contribution in [1.82, 2.24) is 0 Å². The van der Waals surface area contributed by atoms with Crippen LogP contribution >= 0.6 is 0 Å². The summed E-state index contributed by atoms with van der Waals surface area (Å²) in [5.41, 5.74) is 0.455. The molecule has 5 heteroatoms. The van der Waals surface area contributed by atoms with Gasteiger partial charge in [-0.2, -0.15) is 0 Å². The SMILES string of the molecule is COc1c(OC)c(OC(=O)c2ccccc2)c2ccccc2c1OCCCC(C)C. The number of ether oxygens (including phenoxy) is 4. The van der Waals surface area contributed by atoms with E-state index in [2.05, 4.69) is 13.8 Å². The zero-order valence-corrected chi connectivity index (χ0v) is 17.9. The lowest BCUT2D eigenvalue weighted by Gasteiger charge is -2.20. The lowest BCUT2D eigenvalue weighted by molar-refractivity contribution is 0.0731. The van der Waals surface area contributed by atoms with Gasteiger partial charge in [0.1, 0.15) is 0 Å². The summed E-state index contributed by atoms with van der Waals surface area (Å²) in [5, 5.41) is 1.52. The highest BCUT2D eigenvalue weighted by Crippen LogP contribution is 2.51. The Morgan fingerprint density at radius 1 is 0.800 bits per heavy atom. The fraction of sp³-hybridized carbons (Fsp3) is 0.320. The molecule has 3 aromatic carbocycles.